The first-order chi connectivity index (χ1) is 17.2. The smallest absolute Gasteiger partial charge is 0.405 e. The molecule has 0 bridgehead atoms. The fraction of sp³-hybridized carbons (Fsp3) is 0.370. The highest BCUT2D eigenvalue weighted by Crippen LogP contribution is 2.34. The third-order valence-electron chi connectivity index (χ3n) is 6.47. The standard InChI is InChI=1S/C27H31IN4O4/c1-16(2)24(31-27(34)35)26(33)32-13-7-10-22(32)25-29-15-21(30-25)19-11-12-20(28)23(14-19)36-17(3)18-8-5-4-6-9-18/h4-6,8-9,11-12,14-17,22,24,31H,7,10,13H2,1-3H3,(H,29,30)(H,34,35)/t17-,22-,24?/m0/s1. The average Bonchev–Trinajstić information content (AvgIpc) is 3.53. The van der Waals surface area contributed by atoms with Gasteiger partial charge in [0, 0.05) is 12.1 Å². The van der Waals surface area contributed by atoms with E-state index in [9.17, 15) is 14.7 Å². The Morgan fingerprint density at radius 2 is 1.94 bits per heavy atom. The molecule has 2 aromatic carbocycles. The van der Waals surface area contributed by atoms with Crippen LogP contribution < -0.4 is 10.1 Å². The van der Waals surface area contributed by atoms with Gasteiger partial charge in [-0.2, -0.15) is 0 Å². The van der Waals surface area contributed by atoms with Crippen LogP contribution in [0, 0.1) is 9.49 Å². The van der Waals surface area contributed by atoms with Crippen LogP contribution in [-0.2, 0) is 4.79 Å². The maximum Gasteiger partial charge on any atom is 0.405 e. The number of halogens is 1. The molecule has 0 aliphatic carbocycles. The van der Waals surface area contributed by atoms with E-state index in [1.165, 1.54) is 0 Å². The van der Waals surface area contributed by atoms with Crippen LogP contribution >= 0.6 is 22.6 Å². The van der Waals surface area contributed by atoms with Crippen molar-refractivity contribution < 1.29 is 19.4 Å². The Morgan fingerprint density at radius 3 is 2.64 bits per heavy atom. The summed E-state index contributed by atoms with van der Waals surface area (Å²) in [6, 6.07) is 15.1. The number of benzene rings is 2. The number of ether oxygens (including phenoxy) is 1. The molecule has 3 atom stereocenters. The predicted molar refractivity (Wildman–Crippen MR) is 146 cm³/mol. The van der Waals surface area contributed by atoms with Gasteiger partial charge in [0.25, 0.3) is 0 Å². The third-order valence-corrected chi connectivity index (χ3v) is 7.36. The van der Waals surface area contributed by atoms with E-state index < -0.39 is 12.1 Å². The zero-order valence-corrected chi connectivity index (χ0v) is 22.7. The quantitative estimate of drug-likeness (QED) is 0.284. The van der Waals surface area contributed by atoms with Crippen LogP contribution in [0.25, 0.3) is 11.3 Å². The summed E-state index contributed by atoms with van der Waals surface area (Å²) in [4.78, 5) is 34.2. The molecule has 190 valence electrons. The maximum atomic E-state index is 13.2. The number of rotatable bonds is 8. The van der Waals surface area contributed by atoms with Crippen LogP contribution in [-0.4, -0.2) is 44.6 Å². The number of carboxylic acid groups (broad SMARTS) is 1. The van der Waals surface area contributed by atoms with E-state index in [1.807, 2.05) is 69.3 Å². The zero-order valence-electron chi connectivity index (χ0n) is 20.6. The molecule has 0 radical (unpaired) electrons. The molecule has 1 aromatic heterocycles. The lowest BCUT2D eigenvalue weighted by Gasteiger charge is -2.29. The number of nitrogens with one attached hydrogen (secondary N) is 2. The summed E-state index contributed by atoms with van der Waals surface area (Å²) in [6.07, 6.45) is 2.09. The van der Waals surface area contributed by atoms with E-state index in [0.29, 0.717) is 12.4 Å². The van der Waals surface area contributed by atoms with Gasteiger partial charge in [-0.1, -0.05) is 50.2 Å². The summed E-state index contributed by atoms with van der Waals surface area (Å²) in [6.45, 7) is 6.28. The first-order valence-corrected chi connectivity index (χ1v) is 13.2. The summed E-state index contributed by atoms with van der Waals surface area (Å²) in [5.74, 6) is 1.11. The predicted octanol–water partition coefficient (Wildman–Crippen LogP) is 5.78. The Labute approximate surface area is 224 Å². The lowest BCUT2D eigenvalue weighted by molar-refractivity contribution is -0.135. The first kappa shape index (κ1) is 26.0. The third kappa shape index (κ3) is 5.83. The Balaban J connectivity index is 1.53. The van der Waals surface area contributed by atoms with E-state index in [4.69, 9.17) is 4.74 Å². The highest BCUT2D eigenvalue weighted by atomic mass is 127. The molecule has 2 heterocycles. The lowest BCUT2D eigenvalue weighted by Crippen LogP contribution is -2.50. The van der Waals surface area contributed by atoms with Crippen molar-refractivity contribution in [1.82, 2.24) is 20.2 Å². The van der Waals surface area contributed by atoms with Crippen LogP contribution in [0.3, 0.4) is 0 Å². The normalized spacial score (nSPS) is 17.1. The minimum Gasteiger partial charge on any atom is -0.485 e. The number of likely N-dealkylation sites (tertiary alicyclic amines) is 1. The summed E-state index contributed by atoms with van der Waals surface area (Å²) in [5.41, 5.74) is 2.88. The van der Waals surface area contributed by atoms with Gasteiger partial charge in [0.05, 0.1) is 21.5 Å². The van der Waals surface area contributed by atoms with Gasteiger partial charge in [-0.15, -0.1) is 0 Å². The zero-order chi connectivity index (χ0) is 25.8. The fourth-order valence-corrected chi connectivity index (χ4v) is 5.00. The first-order valence-electron chi connectivity index (χ1n) is 12.1. The van der Waals surface area contributed by atoms with Crippen LogP contribution in [0.2, 0.25) is 0 Å². The van der Waals surface area contributed by atoms with Gasteiger partial charge >= 0.3 is 6.09 Å². The molecule has 36 heavy (non-hydrogen) atoms. The molecular weight excluding hydrogens is 571 g/mol. The molecule has 1 aliphatic heterocycles. The van der Waals surface area contributed by atoms with Gasteiger partial charge in [0.1, 0.15) is 23.7 Å². The van der Waals surface area contributed by atoms with E-state index >= 15 is 0 Å². The van der Waals surface area contributed by atoms with Crippen molar-refractivity contribution in [3.63, 3.8) is 0 Å². The molecule has 1 saturated heterocycles. The highest BCUT2D eigenvalue weighted by molar-refractivity contribution is 14.1. The number of aromatic nitrogens is 2. The molecule has 1 fully saturated rings. The van der Waals surface area contributed by atoms with Gasteiger partial charge in [0.2, 0.25) is 5.91 Å². The van der Waals surface area contributed by atoms with Crippen molar-refractivity contribution in [2.75, 3.05) is 6.54 Å². The fourth-order valence-electron chi connectivity index (χ4n) is 4.54. The SMILES string of the molecule is CC(C)C(NC(=O)O)C(=O)N1CCC[C@H]1c1ncc(-c2ccc(I)c(O[C@@H](C)c3ccccc3)c2)[nH]1. The molecule has 1 unspecified atom stereocenters. The molecule has 3 N–H and O–H groups in total. The number of carbonyl (C=O) groups excluding carboxylic acids is 1. The van der Waals surface area contributed by atoms with Gasteiger partial charge in [0.15, 0.2) is 0 Å². The lowest BCUT2D eigenvalue weighted by atomic mass is 10.0. The number of hydrogen-bond donors (Lipinski definition) is 3. The number of amides is 2. The largest absolute Gasteiger partial charge is 0.485 e. The Morgan fingerprint density at radius 1 is 1.19 bits per heavy atom. The summed E-state index contributed by atoms with van der Waals surface area (Å²) in [7, 11) is 0. The van der Waals surface area contributed by atoms with E-state index in [-0.39, 0.29) is 24.0 Å². The van der Waals surface area contributed by atoms with Crippen molar-refractivity contribution >= 4 is 34.6 Å². The van der Waals surface area contributed by atoms with E-state index in [1.54, 1.807) is 11.1 Å². The Bertz CT molecular complexity index is 1210. The summed E-state index contributed by atoms with van der Waals surface area (Å²) >= 11 is 2.27. The minimum atomic E-state index is -1.20. The molecule has 8 nitrogen and oxygen atoms in total. The minimum absolute atomic E-state index is 0.0985. The molecular formula is C27H31IN4O4. The van der Waals surface area contributed by atoms with Crippen molar-refractivity contribution in [3.8, 4) is 17.0 Å². The maximum absolute atomic E-state index is 13.2. The summed E-state index contributed by atoms with van der Waals surface area (Å²) in [5, 5.41) is 11.6. The Kier molecular flexibility index (Phi) is 8.17. The topological polar surface area (TPSA) is 108 Å². The molecule has 0 saturated carbocycles. The second-order valence-corrected chi connectivity index (χ2v) is 10.5. The van der Waals surface area contributed by atoms with Crippen LogP contribution in [0.4, 0.5) is 4.79 Å². The van der Waals surface area contributed by atoms with Crippen molar-refractivity contribution in [1.29, 1.82) is 0 Å². The van der Waals surface area contributed by atoms with Gasteiger partial charge in [-0.25, -0.2) is 9.78 Å². The average molecular weight is 602 g/mol. The van der Waals surface area contributed by atoms with Crippen LogP contribution in [0.15, 0.2) is 54.7 Å². The number of imidazole rings is 1. The second-order valence-electron chi connectivity index (χ2n) is 9.36. The van der Waals surface area contributed by atoms with Crippen molar-refractivity contribution in [2.24, 2.45) is 5.92 Å². The highest BCUT2D eigenvalue weighted by Gasteiger charge is 2.37. The number of hydrogen-bond acceptors (Lipinski definition) is 4. The van der Waals surface area contributed by atoms with E-state index in [2.05, 4.69) is 37.9 Å². The molecule has 4 rings (SSSR count). The number of carbonyl (C=O) groups is 2. The molecule has 9 heteroatoms. The van der Waals surface area contributed by atoms with Crippen molar-refractivity contribution in [3.05, 3.63) is 69.7 Å². The van der Waals surface area contributed by atoms with Crippen LogP contribution in [0.1, 0.15) is 57.1 Å². The number of aromatic amines is 1. The molecule has 1 aliphatic rings. The monoisotopic (exact) mass is 602 g/mol. The number of H-pyrrole nitrogens is 1. The van der Waals surface area contributed by atoms with Gasteiger partial charge in [-0.05, 0) is 66.0 Å². The molecule has 2 amide bonds. The van der Waals surface area contributed by atoms with E-state index in [0.717, 1.165) is 39.0 Å². The van der Waals surface area contributed by atoms with Crippen LogP contribution in [0.5, 0.6) is 5.75 Å². The summed E-state index contributed by atoms with van der Waals surface area (Å²) < 4.78 is 7.29. The second kappa shape index (κ2) is 11.3. The van der Waals surface area contributed by atoms with Crippen molar-refractivity contribution in [2.45, 2.75) is 51.8 Å². The van der Waals surface area contributed by atoms with Gasteiger partial charge in [-0.3, -0.25) is 4.79 Å². The molecule has 0 spiro atoms. The molecule has 3 aromatic rings. The Hall–Kier alpha value is -3.08. The number of nitrogens with zero attached hydrogens (tertiary/aromatic N) is 2. The van der Waals surface area contributed by atoms with Gasteiger partial charge < -0.3 is 25.0 Å².